The summed E-state index contributed by atoms with van der Waals surface area (Å²) in [7, 11) is -0.957. The summed E-state index contributed by atoms with van der Waals surface area (Å²) in [4.78, 5) is 3.60. The molecule has 0 aromatic rings. The number of unbranched alkanes of at least 4 members (excludes halogenated alkanes) is 2. The Morgan fingerprint density at radius 1 is 1.18 bits per heavy atom. The smallest absolute Gasteiger partial charge is 1.00 e. The zero-order valence-corrected chi connectivity index (χ0v) is 9.83. The second-order valence-electron chi connectivity index (χ2n) is 3.88. The van der Waals surface area contributed by atoms with E-state index in [0.29, 0.717) is 0 Å². The standard InChI is InChI=1S/C8H21NSi.Li.H/c1-5-6-7-8-9-10(2,3)4;;/h9H,5-8H2,1-4H3;;/q;+1;-1. The van der Waals surface area contributed by atoms with Crippen LogP contribution >= 0.6 is 0 Å². The summed E-state index contributed by atoms with van der Waals surface area (Å²) in [5, 5.41) is 0. The number of hydrogen-bond acceptors (Lipinski definition) is 1. The zero-order chi connectivity index (χ0) is 8.04. The van der Waals surface area contributed by atoms with Crippen molar-refractivity contribution in [2.24, 2.45) is 0 Å². The van der Waals surface area contributed by atoms with Gasteiger partial charge in [-0.1, -0.05) is 39.4 Å². The molecule has 0 aromatic carbocycles. The van der Waals surface area contributed by atoms with Crippen LogP contribution in [0.25, 0.3) is 0 Å². The molecule has 0 aliphatic heterocycles. The fourth-order valence-electron chi connectivity index (χ4n) is 0.838. The van der Waals surface area contributed by atoms with Crippen LogP contribution in [0.15, 0.2) is 0 Å². The molecular weight excluding hydrogens is 145 g/mol. The molecule has 0 radical (unpaired) electrons. The largest absolute Gasteiger partial charge is 1.00 e. The van der Waals surface area contributed by atoms with Crippen molar-refractivity contribution in [1.82, 2.24) is 4.98 Å². The van der Waals surface area contributed by atoms with Crippen LogP contribution < -0.4 is 23.8 Å². The molecule has 1 nitrogen and oxygen atoms in total. The normalized spacial score (nSPS) is 10.9. The number of hydrogen-bond donors (Lipinski definition) is 1. The molecule has 0 rings (SSSR count). The average molecular weight is 167 g/mol. The molecule has 0 spiro atoms. The van der Waals surface area contributed by atoms with E-state index in [9.17, 15) is 0 Å². The molecule has 0 unspecified atom stereocenters. The molecule has 0 aliphatic rings. The molecule has 0 amide bonds. The third kappa shape index (κ3) is 13.7. The first-order valence-electron chi connectivity index (χ1n) is 4.31. The molecule has 0 saturated carbocycles. The first-order valence-corrected chi connectivity index (χ1v) is 7.81. The quantitative estimate of drug-likeness (QED) is 0.438. The van der Waals surface area contributed by atoms with Crippen molar-refractivity contribution in [3.8, 4) is 0 Å². The van der Waals surface area contributed by atoms with Gasteiger partial charge in [0.15, 0.2) is 0 Å². The minimum absolute atomic E-state index is 0. The van der Waals surface area contributed by atoms with Gasteiger partial charge in [0.05, 0.1) is 0 Å². The molecule has 3 heteroatoms. The van der Waals surface area contributed by atoms with Crippen molar-refractivity contribution in [2.75, 3.05) is 6.54 Å². The molecule has 0 aliphatic carbocycles. The van der Waals surface area contributed by atoms with Gasteiger partial charge in [-0.25, -0.2) is 0 Å². The van der Waals surface area contributed by atoms with Gasteiger partial charge in [-0.05, 0) is 13.0 Å². The third-order valence-corrected chi connectivity index (χ3v) is 2.75. The fraction of sp³-hybridized carbons (Fsp3) is 1.00. The van der Waals surface area contributed by atoms with Crippen LogP contribution in [-0.2, 0) is 0 Å². The Morgan fingerprint density at radius 3 is 2.09 bits per heavy atom. The van der Waals surface area contributed by atoms with Crippen molar-refractivity contribution in [2.45, 2.75) is 45.8 Å². The number of rotatable bonds is 5. The molecule has 64 valence electrons. The van der Waals surface area contributed by atoms with Crippen molar-refractivity contribution in [3.05, 3.63) is 0 Å². The first kappa shape index (κ1) is 14.3. The van der Waals surface area contributed by atoms with Gasteiger partial charge in [-0.3, -0.25) is 0 Å². The van der Waals surface area contributed by atoms with E-state index in [2.05, 4.69) is 31.5 Å². The van der Waals surface area contributed by atoms with Gasteiger partial charge in [0.1, 0.15) is 8.24 Å². The van der Waals surface area contributed by atoms with Crippen LogP contribution in [0.3, 0.4) is 0 Å². The van der Waals surface area contributed by atoms with Crippen LogP contribution in [0, 0.1) is 0 Å². The van der Waals surface area contributed by atoms with E-state index in [0.717, 1.165) is 0 Å². The van der Waals surface area contributed by atoms with Crippen molar-refractivity contribution < 1.29 is 20.3 Å². The Balaban J connectivity index is -0.000000405. The Hall–Kier alpha value is 0.774. The van der Waals surface area contributed by atoms with Gasteiger partial charge >= 0.3 is 18.9 Å². The van der Waals surface area contributed by atoms with E-state index < -0.39 is 8.24 Å². The molecule has 0 bridgehead atoms. The van der Waals surface area contributed by atoms with Gasteiger partial charge in [0.2, 0.25) is 0 Å². The predicted molar refractivity (Wildman–Crippen MR) is 52.0 cm³/mol. The summed E-state index contributed by atoms with van der Waals surface area (Å²) in [6, 6.07) is 0. The van der Waals surface area contributed by atoms with Gasteiger partial charge in [-0.15, -0.1) is 0 Å². The van der Waals surface area contributed by atoms with Crippen LogP contribution in [-0.4, -0.2) is 14.8 Å². The Bertz CT molecular complexity index is 85.6. The molecule has 0 saturated heterocycles. The first-order chi connectivity index (χ1) is 4.56. The number of nitrogens with one attached hydrogen (secondary N) is 1. The van der Waals surface area contributed by atoms with Crippen LogP contribution in [0.5, 0.6) is 0 Å². The zero-order valence-electron chi connectivity index (χ0n) is 9.83. The van der Waals surface area contributed by atoms with E-state index in [1.54, 1.807) is 0 Å². The molecule has 0 heterocycles. The molecule has 0 aromatic heterocycles. The minimum Gasteiger partial charge on any atom is -1.00 e. The summed E-state index contributed by atoms with van der Waals surface area (Å²) < 4.78 is 0. The predicted octanol–water partition coefficient (Wildman–Crippen LogP) is -0.282. The Kier molecular flexibility index (Phi) is 9.66. The fourth-order valence-corrected chi connectivity index (χ4v) is 1.77. The summed E-state index contributed by atoms with van der Waals surface area (Å²) in [5.74, 6) is 0. The van der Waals surface area contributed by atoms with Gasteiger partial charge < -0.3 is 6.41 Å². The molecular formula is C8H22LiNSi. The van der Waals surface area contributed by atoms with E-state index in [1.165, 1.54) is 25.8 Å². The molecule has 0 atom stereocenters. The second kappa shape index (κ2) is 7.42. The Morgan fingerprint density at radius 2 is 1.73 bits per heavy atom. The summed E-state index contributed by atoms with van der Waals surface area (Å²) in [6.45, 7) is 10.5. The van der Waals surface area contributed by atoms with Crippen LogP contribution in [0.4, 0.5) is 0 Å². The van der Waals surface area contributed by atoms with E-state index in [1.807, 2.05) is 0 Å². The van der Waals surface area contributed by atoms with Crippen LogP contribution in [0.2, 0.25) is 19.6 Å². The van der Waals surface area contributed by atoms with Crippen molar-refractivity contribution >= 4 is 8.24 Å². The Labute approximate surface area is 86.1 Å². The maximum absolute atomic E-state index is 3.60. The van der Waals surface area contributed by atoms with Gasteiger partial charge in [-0.2, -0.15) is 0 Å². The SMILES string of the molecule is CCCCCN[Si](C)(C)C.[H-].[Li+]. The average Bonchev–Trinajstić information content (AvgIpc) is 1.78. The van der Waals surface area contributed by atoms with Crippen molar-refractivity contribution in [3.63, 3.8) is 0 Å². The van der Waals surface area contributed by atoms with E-state index in [-0.39, 0.29) is 20.3 Å². The minimum atomic E-state index is -0.957. The second-order valence-corrected chi connectivity index (χ2v) is 8.74. The maximum atomic E-state index is 3.60. The topological polar surface area (TPSA) is 12.0 Å². The summed E-state index contributed by atoms with van der Waals surface area (Å²) >= 11 is 0. The van der Waals surface area contributed by atoms with Gasteiger partial charge in [0, 0.05) is 0 Å². The summed E-state index contributed by atoms with van der Waals surface area (Å²) in [6.07, 6.45) is 4.05. The van der Waals surface area contributed by atoms with Crippen molar-refractivity contribution in [1.29, 1.82) is 0 Å². The van der Waals surface area contributed by atoms with Gasteiger partial charge in [0.25, 0.3) is 0 Å². The monoisotopic (exact) mass is 167 g/mol. The third-order valence-electron chi connectivity index (χ3n) is 1.44. The van der Waals surface area contributed by atoms with Crippen LogP contribution in [0.1, 0.15) is 27.6 Å². The summed E-state index contributed by atoms with van der Waals surface area (Å²) in [5.41, 5.74) is 0. The van der Waals surface area contributed by atoms with E-state index >= 15 is 0 Å². The molecule has 11 heavy (non-hydrogen) atoms. The molecule has 1 N–H and O–H groups in total. The van der Waals surface area contributed by atoms with E-state index in [4.69, 9.17) is 0 Å². The maximum Gasteiger partial charge on any atom is 1.00 e. The molecule has 0 fully saturated rings.